The quantitative estimate of drug-likeness (QED) is 0.387. The number of piperidine rings is 1. The van der Waals surface area contributed by atoms with Gasteiger partial charge in [-0.1, -0.05) is 18.6 Å². The molecular weight excluding hydrogens is 526 g/mol. The first-order valence-electron chi connectivity index (χ1n) is 15.0. The van der Waals surface area contributed by atoms with E-state index in [0.29, 0.717) is 43.8 Å². The van der Waals surface area contributed by atoms with Crippen LogP contribution in [0.4, 0.5) is 5.82 Å². The molecule has 0 atom stereocenters. The maximum Gasteiger partial charge on any atom is 0.226 e. The van der Waals surface area contributed by atoms with Gasteiger partial charge in [0.1, 0.15) is 11.6 Å². The van der Waals surface area contributed by atoms with Crippen molar-refractivity contribution in [1.29, 1.82) is 0 Å². The summed E-state index contributed by atoms with van der Waals surface area (Å²) in [7, 11) is 0. The molecule has 214 valence electrons. The fraction of sp³-hybridized carbons (Fsp3) is 0.600. The predicted molar refractivity (Wildman–Crippen MR) is 157 cm³/mol. The highest BCUT2D eigenvalue weighted by molar-refractivity contribution is 6.28. The van der Waals surface area contributed by atoms with Crippen molar-refractivity contribution in [1.82, 2.24) is 29.5 Å². The number of hydrogen-bond acceptors (Lipinski definition) is 7. The van der Waals surface area contributed by atoms with Crippen molar-refractivity contribution < 1.29 is 9.53 Å². The molecule has 0 bridgehead atoms. The molecule has 9 nitrogen and oxygen atoms in total. The van der Waals surface area contributed by atoms with E-state index in [1.54, 1.807) is 0 Å². The molecule has 1 amide bonds. The van der Waals surface area contributed by atoms with Gasteiger partial charge in [0.05, 0.1) is 24.7 Å². The first-order chi connectivity index (χ1) is 19.6. The first-order valence-corrected chi connectivity index (χ1v) is 15.4. The number of amides is 1. The summed E-state index contributed by atoms with van der Waals surface area (Å²) in [6.45, 7) is 8.48. The lowest BCUT2D eigenvalue weighted by molar-refractivity contribution is -0.137. The molecule has 1 aliphatic carbocycles. The lowest BCUT2D eigenvalue weighted by Crippen LogP contribution is -2.51. The maximum absolute atomic E-state index is 13.4. The molecule has 1 aromatic carbocycles. The number of anilines is 1. The molecule has 3 aliphatic rings. The summed E-state index contributed by atoms with van der Waals surface area (Å²) >= 11 is 6.41. The summed E-state index contributed by atoms with van der Waals surface area (Å²) in [5.41, 5.74) is 1.78. The number of halogens is 1. The van der Waals surface area contributed by atoms with E-state index in [0.717, 1.165) is 61.3 Å². The Bertz CT molecular complexity index is 1310. The molecule has 40 heavy (non-hydrogen) atoms. The number of nitrogens with zero attached hydrogens (tertiary/aromatic N) is 7. The molecule has 2 aliphatic heterocycles. The number of benzene rings is 1. The van der Waals surface area contributed by atoms with E-state index in [1.807, 2.05) is 36.0 Å². The Labute approximate surface area is 241 Å². The molecular formula is C30H40ClN7O2. The summed E-state index contributed by atoms with van der Waals surface area (Å²) in [6, 6.07) is 8.70. The fourth-order valence-electron chi connectivity index (χ4n) is 6.71. The van der Waals surface area contributed by atoms with Gasteiger partial charge in [0.15, 0.2) is 5.65 Å². The van der Waals surface area contributed by atoms with E-state index in [2.05, 4.69) is 35.8 Å². The Balaban J connectivity index is 1.08. The van der Waals surface area contributed by atoms with Crippen molar-refractivity contribution in [2.45, 2.75) is 64.5 Å². The molecule has 2 aromatic heterocycles. The van der Waals surface area contributed by atoms with Crippen molar-refractivity contribution in [2.75, 3.05) is 50.8 Å². The summed E-state index contributed by atoms with van der Waals surface area (Å²) in [5.74, 6) is 2.14. The monoisotopic (exact) mass is 565 g/mol. The lowest BCUT2D eigenvalue weighted by atomic mass is 9.83. The van der Waals surface area contributed by atoms with Crippen LogP contribution in [-0.2, 0) is 11.3 Å². The molecule has 0 N–H and O–H groups in total. The van der Waals surface area contributed by atoms with Crippen molar-refractivity contribution in [3.8, 4) is 5.75 Å². The summed E-state index contributed by atoms with van der Waals surface area (Å²) in [6.07, 6.45) is 10.2. The van der Waals surface area contributed by atoms with Crippen LogP contribution >= 0.6 is 11.6 Å². The second-order valence-electron chi connectivity index (χ2n) is 11.4. The minimum atomic E-state index is 0.173. The number of rotatable bonds is 7. The molecule has 0 spiro atoms. The van der Waals surface area contributed by atoms with Gasteiger partial charge in [0, 0.05) is 38.1 Å². The van der Waals surface area contributed by atoms with Crippen LogP contribution in [0.25, 0.3) is 11.0 Å². The third-order valence-electron chi connectivity index (χ3n) is 8.83. The summed E-state index contributed by atoms with van der Waals surface area (Å²) in [5, 5.41) is 5.71. The molecule has 2 saturated heterocycles. The van der Waals surface area contributed by atoms with Gasteiger partial charge in [-0.05, 0) is 87.8 Å². The third-order valence-corrected chi connectivity index (χ3v) is 9.00. The van der Waals surface area contributed by atoms with Crippen LogP contribution in [0.3, 0.4) is 0 Å². The number of piperazine rings is 1. The van der Waals surface area contributed by atoms with E-state index >= 15 is 0 Å². The Hall–Kier alpha value is -2.91. The van der Waals surface area contributed by atoms with Gasteiger partial charge in [-0.3, -0.25) is 4.79 Å². The van der Waals surface area contributed by atoms with Crippen molar-refractivity contribution >= 4 is 34.4 Å². The summed E-state index contributed by atoms with van der Waals surface area (Å²) < 4.78 is 7.51. The average Bonchev–Trinajstić information content (AvgIpc) is 3.39. The number of aromatic nitrogens is 4. The lowest BCUT2D eigenvalue weighted by Gasteiger charge is -2.41. The van der Waals surface area contributed by atoms with Gasteiger partial charge < -0.3 is 19.4 Å². The number of carbonyl (C=O) groups is 1. The largest absolute Gasteiger partial charge is 0.494 e. The van der Waals surface area contributed by atoms with Crippen LogP contribution in [0.1, 0.15) is 57.4 Å². The minimum Gasteiger partial charge on any atom is -0.494 e. The molecule has 3 fully saturated rings. The van der Waals surface area contributed by atoms with E-state index in [-0.39, 0.29) is 11.2 Å². The van der Waals surface area contributed by atoms with Crippen molar-refractivity contribution in [3.63, 3.8) is 0 Å². The normalized spacial score (nSPS) is 22.6. The van der Waals surface area contributed by atoms with E-state index in [1.165, 1.54) is 32.4 Å². The van der Waals surface area contributed by atoms with E-state index < -0.39 is 0 Å². The zero-order valence-corrected chi connectivity index (χ0v) is 24.2. The average molecular weight is 566 g/mol. The maximum atomic E-state index is 13.4. The Morgan fingerprint density at radius 1 is 1.00 bits per heavy atom. The Morgan fingerprint density at radius 3 is 2.52 bits per heavy atom. The molecule has 0 radical (unpaired) electrons. The van der Waals surface area contributed by atoms with Crippen LogP contribution in [0.15, 0.2) is 30.5 Å². The SMILES string of the molecule is CCOc1cccc(Cn2ncc3c(N4CCN(C(=O)C5CCC(N6CCCCC6)CC5)CC4)nc(Cl)nc32)c1. The highest BCUT2D eigenvalue weighted by Crippen LogP contribution is 2.32. The number of hydrogen-bond donors (Lipinski definition) is 0. The highest BCUT2D eigenvalue weighted by atomic mass is 35.5. The molecule has 10 heteroatoms. The second kappa shape index (κ2) is 12.3. The first kappa shape index (κ1) is 27.3. The van der Waals surface area contributed by atoms with Crippen LogP contribution in [0, 0.1) is 5.92 Å². The van der Waals surface area contributed by atoms with E-state index in [9.17, 15) is 4.79 Å². The van der Waals surface area contributed by atoms with Crippen molar-refractivity contribution in [3.05, 3.63) is 41.3 Å². The number of likely N-dealkylation sites (tertiary alicyclic amines) is 1. The van der Waals surface area contributed by atoms with Crippen LogP contribution in [0.5, 0.6) is 5.75 Å². The van der Waals surface area contributed by atoms with Crippen LogP contribution in [-0.4, -0.2) is 87.4 Å². The summed E-state index contributed by atoms with van der Waals surface area (Å²) in [4.78, 5) is 29.5. The third kappa shape index (κ3) is 5.91. The number of fused-ring (bicyclic) bond motifs is 1. The zero-order valence-electron chi connectivity index (χ0n) is 23.5. The number of ether oxygens (including phenoxy) is 1. The molecule has 3 aromatic rings. The zero-order chi connectivity index (χ0) is 27.5. The molecule has 0 unspecified atom stereocenters. The van der Waals surface area contributed by atoms with Gasteiger partial charge >= 0.3 is 0 Å². The highest BCUT2D eigenvalue weighted by Gasteiger charge is 2.33. The minimum absolute atomic E-state index is 0.173. The van der Waals surface area contributed by atoms with Crippen LogP contribution in [0.2, 0.25) is 5.28 Å². The second-order valence-corrected chi connectivity index (χ2v) is 11.7. The van der Waals surface area contributed by atoms with Crippen molar-refractivity contribution in [2.24, 2.45) is 5.92 Å². The van der Waals surface area contributed by atoms with Gasteiger partial charge in [-0.2, -0.15) is 15.1 Å². The Morgan fingerprint density at radius 2 is 1.77 bits per heavy atom. The van der Waals surface area contributed by atoms with Gasteiger partial charge in [-0.25, -0.2) is 4.68 Å². The number of carbonyl (C=O) groups excluding carboxylic acids is 1. The predicted octanol–water partition coefficient (Wildman–Crippen LogP) is 4.62. The molecule has 6 rings (SSSR count). The van der Waals surface area contributed by atoms with Gasteiger partial charge in [-0.15, -0.1) is 0 Å². The molecule has 1 saturated carbocycles. The van der Waals surface area contributed by atoms with Crippen LogP contribution < -0.4 is 9.64 Å². The van der Waals surface area contributed by atoms with E-state index in [4.69, 9.17) is 16.3 Å². The fourth-order valence-corrected chi connectivity index (χ4v) is 6.87. The molecule has 4 heterocycles. The van der Waals surface area contributed by atoms with Gasteiger partial charge in [0.25, 0.3) is 0 Å². The van der Waals surface area contributed by atoms with Gasteiger partial charge in [0.2, 0.25) is 11.2 Å². The standard InChI is InChI=1S/C30H40ClN7O2/c1-2-40-25-8-6-7-22(19-25)21-38-28-26(20-32-38)27(33-30(31)34-28)36-15-17-37(18-16-36)29(39)23-9-11-24(12-10-23)35-13-4-3-5-14-35/h6-8,19-20,23-24H,2-5,9-18,21H2,1H3. The Kier molecular flexibility index (Phi) is 8.39. The topological polar surface area (TPSA) is 79.6 Å². The smallest absolute Gasteiger partial charge is 0.226 e.